The summed E-state index contributed by atoms with van der Waals surface area (Å²) in [6.07, 6.45) is 0. The predicted molar refractivity (Wildman–Crippen MR) is 91.2 cm³/mol. The van der Waals surface area contributed by atoms with Crippen LogP contribution in [0.1, 0.15) is 32.4 Å². The molecule has 8 nitrogen and oxygen atoms in total. The first kappa shape index (κ1) is 17.2. The second-order valence-corrected chi connectivity index (χ2v) is 5.32. The van der Waals surface area contributed by atoms with Gasteiger partial charge >= 0.3 is 0 Å². The van der Waals surface area contributed by atoms with Crippen molar-refractivity contribution in [1.82, 2.24) is 21.0 Å². The zero-order valence-corrected chi connectivity index (χ0v) is 13.9. The Morgan fingerprint density at radius 2 is 1.58 bits per heavy atom. The minimum Gasteiger partial charge on any atom is -0.485 e. The van der Waals surface area contributed by atoms with Gasteiger partial charge in [-0.2, -0.15) is 4.98 Å². The van der Waals surface area contributed by atoms with Crippen molar-refractivity contribution in [2.45, 2.75) is 13.5 Å². The quantitative estimate of drug-likeness (QED) is 0.681. The van der Waals surface area contributed by atoms with Gasteiger partial charge in [-0.05, 0) is 36.4 Å². The van der Waals surface area contributed by atoms with Crippen LogP contribution in [0.15, 0.2) is 59.1 Å². The summed E-state index contributed by atoms with van der Waals surface area (Å²) in [5.74, 6) is 0.627. The second-order valence-electron chi connectivity index (χ2n) is 5.32. The van der Waals surface area contributed by atoms with Crippen molar-refractivity contribution in [2.75, 3.05) is 0 Å². The number of carbonyl (C=O) groups is 2. The van der Waals surface area contributed by atoms with Gasteiger partial charge in [-0.15, -0.1) is 0 Å². The fourth-order valence-electron chi connectivity index (χ4n) is 2.10. The SMILES string of the molecule is Cc1nc(COc2ccc(C(=O)NNC(=O)c3ccccc3)cc2)no1. The van der Waals surface area contributed by atoms with E-state index < -0.39 is 11.8 Å². The lowest BCUT2D eigenvalue weighted by molar-refractivity contribution is 0.0846. The first-order chi connectivity index (χ1) is 12.6. The zero-order chi connectivity index (χ0) is 18.4. The third-order valence-electron chi connectivity index (χ3n) is 3.38. The lowest BCUT2D eigenvalue weighted by Crippen LogP contribution is -2.41. The maximum Gasteiger partial charge on any atom is 0.269 e. The highest BCUT2D eigenvalue weighted by Crippen LogP contribution is 2.13. The molecule has 8 heteroatoms. The average molecular weight is 352 g/mol. The highest BCUT2D eigenvalue weighted by molar-refractivity contribution is 5.99. The van der Waals surface area contributed by atoms with Crippen LogP contribution in [0.25, 0.3) is 0 Å². The van der Waals surface area contributed by atoms with E-state index >= 15 is 0 Å². The Morgan fingerprint density at radius 1 is 0.962 bits per heavy atom. The molecule has 0 aliphatic heterocycles. The molecule has 0 saturated carbocycles. The maximum absolute atomic E-state index is 12.1. The van der Waals surface area contributed by atoms with Gasteiger partial charge in [0.25, 0.3) is 11.8 Å². The Kier molecular flexibility index (Phi) is 5.23. The summed E-state index contributed by atoms with van der Waals surface area (Å²) in [7, 11) is 0. The van der Waals surface area contributed by atoms with Crippen molar-refractivity contribution in [3.63, 3.8) is 0 Å². The normalized spacial score (nSPS) is 10.2. The number of hydrazine groups is 1. The zero-order valence-electron chi connectivity index (χ0n) is 13.9. The monoisotopic (exact) mass is 352 g/mol. The molecule has 0 aliphatic rings. The van der Waals surface area contributed by atoms with E-state index in [1.165, 1.54) is 0 Å². The topological polar surface area (TPSA) is 106 Å². The molecule has 0 fully saturated rings. The molecule has 3 rings (SSSR count). The van der Waals surface area contributed by atoms with E-state index in [2.05, 4.69) is 21.0 Å². The molecule has 1 aromatic heterocycles. The molecule has 0 spiro atoms. The van der Waals surface area contributed by atoms with Gasteiger partial charge in [0.05, 0.1) is 0 Å². The molecular weight excluding hydrogens is 336 g/mol. The molecule has 0 aliphatic carbocycles. The highest BCUT2D eigenvalue weighted by atomic mass is 16.5. The second kappa shape index (κ2) is 7.93. The lowest BCUT2D eigenvalue weighted by Gasteiger charge is -2.08. The van der Waals surface area contributed by atoms with Gasteiger partial charge in [-0.3, -0.25) is 20.4 Å². The third kappa shape index (κ3) is 4.44. The molecule has 0 bridgehead atoms. The van der Waals surface area contributed by atoms with E-state index in [-0.39, 0.29) is 6.61 Å². The van der Waals surface area contributed by atoms with Crippen LogP contribution < -0.4 is 15.6 Å². The summed E-state index contributed by atoms with van der Waals surface area (Å²) >= 11 is 0. The van der Waals surface area contributed by atoms with Crippen LogP contribution >= 0.6 is 0 Å². The molecule has 0 radical (unpaired) electrons. The van der Waals surface area contributed by atoms with Gasteiger partial charge < -0.3 is 9.26 Å². The van der Waals surface area contributed by atoms with E-state index in [0.29, 0.717) is 28.6 Å². The number of carbonyl (C=O) groups excluding carboxylic acids is 2. The molecule has 132 valence electrons. The number of hydrogen-bond acceptors (Lipinski definition) is 6. The Labute approximate surface area is 149 Å². The van der Waals surface area contributed by atoms with Crippen LogP contribution in [0, 0.1) is 6.92 Å². The number of hydrogen-bond donors (Lipinski definition) is 2. The lowest BCUT2D eigenvalue weighted by atomic mass is 10.2. The number of rotatable bonds is 5. The molecule has 0 atom stereocenters. The number of ether oxygens (including phenoxy) is 1. The van der Waals surface area contributed by atoms with Crippen molar-refractivity contribution in [3.8, 4) is 5.75 Å². The van der Waals surface area contributed by atoms with Crippen molar-refractivity contribution < 1.29 is 18.8 Å². The average Bonchev–Trinajstić information content (AvgIpc) is 3.10. The minimum atomic E-state index is -0.436. The molecule has 3 aromatic rings. The summed E-state index contributed by atoms with van der Waals surface area (Å²) < 4.78 is 10.4. The van der Waals surface area contributed by atoms with Crippen molar-refractivity contribution in [3.05, 3.63) is 77.4 Å². The number of aromatic nitrogens is 2. The van der Waals surface area contributed by atoms with Crippen LogP contribution in [0.4, 0.5) is 0 Å². The summed E-state index contributed by atoms with van der Waals surface area (Å²) in [5, 5.41) is 3.73. The molecule has 0 saturated heterocycles. The van der Waals surface area contributed by atoms with Crippen LogP contribution in [-0.2, 0) is 6.61 Å². The Hall–Kier alpha value is -3.68. The van der Waals surface area contributed by atoms with Crippen LogP contribution in [0.3, 0.4) is 0 Å². The van der Waals surface area contributed by atoms with Gasteiger partial charge in [-0.1, -0.05) is 23.4 Å². The molecule has 2 aromatic carbocycles. The van der Waals surface area contributed by atoms with Crippen LogP contribution in [0.5, 0.6) is 5.75 Å². The van der Waals surface area contributed by atoms with Gasteiger partial charge in [-0.25, -0.2) is 0 Å². The largest absolute Gasteiger partial charge is 0.485 e. The fourth-order valence-corrected chi connectivity index (χ4v) is 2.10. The van der Waals surface area contributed by atoms with E-state index in [9.17, 15) is 9.59 Å². The Bertz CT molecular complexity index is 891. The summed E-state index contributed by atoms with van der Waals surface area (Å²) in [6.45, 7) is 1.86. The van der Waals surface area contributed by atoms with Crippen LogP contribution in [0.2, 0.25) is 0 Å². The first-order valence-electron chi connectivity index (χ1n) is 7.79. The van der Waals surface area contributed by atoms with E-state index in [0.717, 1.165) is 0 Å². The first-order valence-corrected chi connectivity index (χ1v) is 7.79. The molecule has 26 heavy (non-hydrogen) atoms. The minimum absolute atomic E-state index is 0.163. The number of nitrogens with one attached hydrogen (secondary N) is 2. The van der Waals surface area contributed by atoms with Gasteiger partial charge in [0, 0.05) is 18.1 Å². The van der Waals surface area contributed by atoms with Gasteiger partial charge in [0.2, 0.25) is 11.7 Å². The molecule has 2 amide bonds. The fraction of sp³-hybridized carbons (Fsp3) is 0.111. The highest BCUT2D eigenvalue weighted by Gasteiger charge is 2.09. The molecule has 1 heterocycles. The third-order valence-corrected chi connectivity index (χ3v) is 3.38. The van der Waals surface area contributed by atoms with E-state index in [1.807, 2.05) is 0 Å². The Balaban J connectivity index is 1.51. The van der Waals surface area contributed by atoms with Gasteiger partial charge in [0.15, 0.2) is 6.61 Å². The summed E-state index contributed by atoms with van der Waals surface area (Å²) in [4.78, 5) is 28.0. The van der Waals surface area contributed by atoms with E-state index in [1.54, 1.807) is 61.5 Å². The molecule has 0 unspecified atom stereocenters. The molecular formula is C18H16N4O4. The predicted octanol–water partition coefficient (Wildman–Crippen LogP) is 2.03. The number of benzene rings is 2. The number of nitrogens with zero attached hydrogens (tertiary/aromatic N) is 2. The van der Waals surface area contributed by atoms with E-state index in [4.69, 9.17) is 9.26 Å². The summed E-state index contributed by atoms with van der Waals surface area (Å²) in [5.41, 5.74) is 5.56. The number of aryl methyl sites for hydroxylation is 1. The Morgan fingerprint density at radius 3 is 2.15 bits per heavy atom. The maximum atomic E-state index is 12.1. The van der Waals surface area contributed by atoms with Crippen LogP contribution in [-0.4, -0.2) is 22.0 Å². The standard InChI is InChI=1S/C18H16N4O4/c1-12-19-16(22-26-12)11-25-15-9-7-14(8-10-15)18(24)21-20-17(23)13-5-3-2-4-6-13/h2-10H,11H2,1H3,(H,20,23)(H,21,24). The molecule has 2 N–H and O–H groups in total. The smallest absolute Gasteiger partial charge is 0.269 e. The van der Waals surface area contributed by atoms with Crippen molar-refractivity contribution in [1.29, 1.82) is 0 Å². The van der Waals surface area contributed by atoms with Crippen molar-refractivity contribution in [2.24, 2.45) is 0 Å². The van der Waals surface area contributed by atoms with Crippen molar-refractivity contribution >= 4 is 11.8 Å². The number of amides is 2. The summed E-state index contributed by atoms with van der Waals surface area (Å²) in [6, 6.07) is 15.0. The van der Waals surface area contributed by atoms with Gasteiger partial charge in [0.1, 0.15) is 5.75 Å².